The number of phenols is 2. The van der Waals surface area contributed by atoms with Gasteiger partial charge in [0, 0.05) is 11.6 Å². The van der Waals surface area contributed by atoms with Gasteiger partial charge in [0.15, 0.2) is 12.2 Å². The Hall–Kier alpha value is -3.80. The number of benzene rings is 2. The standard InChI is InChI=1S/C26H28O15/c27-11-5-2-9(3-6-11)1-4-10-7-12(39-26-20(34)16(30)19(33)23(41-26)25(37)38)8-13(28)14(10)21-17(31)15(29)18(32)22(40-21)24(35)36/h1-8,15-23,26-34H,(H,35,36)(H,37,38)/b4-1+/t15-,16+,17-,18+,19+,20-,21+,22+,23+,26-/m1/s1. The zero-order valence-electron chi connectivity index (χ0n) is 20.9. The molecular weight excluding hydrogens is 552 g/mol. The fourth-order valence-electron chi connectivity index (χ4n) is 4.53. The number of phenolic OH excluding ortho intramolecular Hbond substituents is 2. The van der Waals surface area contributed by atoms with Gasteiger partial charge >= 0.3 is 11.9 Å². The second-order valence-electron chi connectivity index (χ2n) is 9.51. The largest absolute Gasteiger partial charge is 0.508 e. The van der Waals surface area contributed by atoms with Gasteiger partial charge < -0.3 is 65.3 Å². The number of aliphatic hydroxyl groups is 6. The minimum Gasteiger partial charge on any atom is -0.508 e. The molecule has 4 rings (SSSR count). The third kappa shape index (κ3) is 6.12. The van der Waals surface area contributed by atoms with E-state index in [2.05, 4.69) is 0 Å². The first-order valence-corrected chi connectivity index (χ1v) is 12.2. The number of carboxylic acids is 2. The minimum atomic E-state index is -1.99. The van der Waals surface area contributed by atoms with Crippen LogP contribution >= 0.6 is 0 Å². The highest BCUT2D eigenvalue weighted by molar-refractivity contribution is 5.75. The Labute approximate surface area is 231 Å². The third-order valence-corrected chi connectivity index (χ3v) is 6.72. The highest BCUT2D eigenvalue weighted by Crippen LogP contribution is 2.42. The van der Waals surface area contributed by atoms with Crippen LogP contribution in [-0.4, -0.2) is 118 Å². The molecule has 2 aromatic rings. The molecule has 2 fully saturated rings. The molecule has 0 unspecified atom stereocenters. The van der Waals surface area contributed by atoms with Gasteiger partial charge in [-0.2, -0.15) is 0 Å². The Kier molecular flexibility index (Phi) is 8.81. The van der Waals surface area contributed by atoms with Gasteiger partial charge in [0.2, 0.25) is 6.29 Å². The summed E-state index contributed by atoms with van der Waals surface area (Å²) in [6, 6.07) is 7.98. The molecule has 41 heavy (non-hydrogen) atoms. The van der Waals surface area contributed by atoms with Gasteiger partial charge in [-0.1, -0.05) is 24.3 Å². The first kappa shape index (κ1) is 30.2. The minimum absolute atomic E-state index is 0.00511. The van der Waals surface area contributed by atoms with Crippen LogP contribution in [0.25, 0.3) is 12.2 Å². The van der Waals surface area contributed by atoms with Gasteiger partial charge in [0.1, 0.15) is 60.0 Å². The van der Waals surface area contributed by atoms with Crippen molar-refractivity contribution in [3.63, 3.8) is 0 Å². The zero-order valence-corrected chi connectivity index (χ0v) is 20.9. The van der Waals surface area contributed by atoms with Crippen LogP contribution in [0.5, 0.6) is 17.2 Å². The average molecular weight is 580 g/mol. The molecule has 0 saturated carbocycles. The highest BCUT2D eigenvalue weighted by Gasteiger charge is 2.50. The summed E-state index contributed by atoms with van der Waals surface area (Å²) < 4.78 is 16.0. The van der Waals surface area contributed by atoms with Crippen molar-refractivity contribution in [3.8, 4) is 17.2 Å². The molecule has 2 saturated heterocycles. The number of hydrogen-bond acceptors (Lipinski definition) is 13. The first-order valence-electron chi connectivity index (χ1n) is 12.2. The average Bonchev–Trinajstić information content (AvgIpc) is 2.92. The van der Waals surface area contributed by atoms with E-state index in [0.717, 1.165) is 6.07 Å². The van der Waals surface area contributed by atoms with Crippen LogP contribution in [0.15, 0.2) is 36.4 Å². The molecule has 0 spiro atoms. The summed E-state index contributed by atoms with van der Waals surface area (Å²) in [4.78, 5) is 23.0. The van der Waals surface area contributed by atoms with Crippen LogP contribution < -0.4 is 4.74 Å². The number of aliphatic hydroxyl groups excluding tert-OH is 6. The van der Waals surface area contributed by atoms with E-state index in [4.69, 9.17) is 14.2 Å². The Morgan fingerprint density at radius 2 is 1.27 bits per heavy atom. The number of carbonyl (C=O) groups is 2. The molecule has 0 aliphatic carbocycles. The van der Waals surface area contributed by atoms with Crippen LogP contribution in [0.4, 0.5) is 0 Å². The summed E-state index contributed by atoms with van der Waals surface area (Å²) in [6.45, 7) is 0. The van der Waals surface area contributed by atoms with E-state index in [0.29, 0.717) is 5.56 Å². The van der Waals surface area contributed by atoms with Crippen LogP contribution in [-0.2, 0) is 19.1 Å². The molecule has 0 amide bonds. The molecular formula is C26H28O15. The molecule has 222 valence electrons. The lowest BCUT2D eigenvalue weighted by Crippen LogP contribution is -2.61. The van der Waals surface area contributed by atoms with E-state index >= 15 is 0 Å². The highest BCUT2D eigenvalue weighted by atomic mass is 16.7. The first-order chi connectivity index (χ1) is 19.3. The predicted octanol–water partition coefficient (Wildman–Crippen LogP) is -1.85. The number of ether oxygens (including phenoxy) is 3. The van der Waals surface area contributed by atoms with E-state index in [1.54, 1.807) is 0 Å². The number of aliphatic carboxylic acids is 2. The Morgan fingerprint density at radius 1 is 0.707 bits per heavy atom. The molecule has 15 nitrogen and oxygen atoms in total. The van der Waals surface area contributed by atoms with Crippen molar-refractivity contribution in [2.45, 2.75) is 61.2 Å². The van der Waals surface area contributed by atoms with Crippen LogP contribution in [0.3, 0.4) is 0 Å². The van der Waals surface area contributed by atoms with Gasteiger partial charge in [-0.3, -0.25) is 0 Å². The van der Waals surface area contributed by atoms with Gasteiger partial charge in [0.05, 0.1) is 0 Å². The normalized spacial score (nSPS) is 33.9. The predicted molar refractivity (Wildman–Crippen MR) is 133 cm³/mol. The molecule has 10 N–H and O–H groups in total. The van der Waals surface area contributed by atoms with E-state index in [1.165, 1.54) is 42.5 Å². The summed E-state index contributed by atoms with van der Waals surface area (Å²) >= 11 is 0. The maximum absolute atomic E-state index is 11.6. The van der Waals surface area contributed by atoms with Gasteiger partial charge in [-0.25, -0.2) is 9.59 Å². The Balaban J connectivity index is 1.75. The maximum atomic E-state index is 11.6. The lowest BCUT2D eigenvalue weighted by Gasteiger charge is -2.40. The SMILES string of the molecule is O=C(O)[C@H]1O[C@@H](c2c(O)cc(O[C@@H]3O[C@H](C(=O)O)[C@@H](O)[C@H](O)[C@H]3O)cc2/C=C/c2ccc(O)cc2)[C@H](O)[C@@H](O)[C@@H]1O. The van der Waals surface area contributed by atoms with Crippen LogP contribution in [0.2, 0.25) is 0 Å². The second kappa shape index (κ2) is 12.0. The number of hydrogen-bond donors (Lipinski definition) is 10. The zero-order chi connectivity index (χ0) is 30.2. The number of carboxylic acid groups (broad SMARTS) is 2. The smallest absolute Gasteiger partial charge is 0.335 e. The Bertz CT molecular complexity index is 1290. The van der Waals surface area contributed by atoms with Gasteiger partial charge in [0.25, 0.3) is 0 Å². The van der Waals surface area contributed by atoms with E-state index in [-0.39, 0.29) is 22.6 Å². The molecule has 0 aromatic heterocycles. The second-order valence-corrected chi connectivity index (χ2v) is 9.51. The summed E-state index contributed by atoms with van der Waals surface area (Å²) in [5, 5.41) is 100. The number of aromatic hydroxyl groups is 2. The van der Waals surface area contributed by atoms with Crippen molar-refractivity contribution in [1.29, 1.82) is 0 Å². The molecule has 15 heteroatoms. The quantitative estimate of drug-likeness (QED) is 0.161. The van der Waals surface area contributed by atoms with Crippen molar-refractivity contribution in [1.82, 2.24) is 0 Å². The van der Waals surface area contributed by atoms with E-state index in [1.807, 2.05) is 0 Å². The lowest BCUT2D eigenvalue weighted by molar-refractivity contribution is -0.271. The summed E-state index contributed by atoms with van der Waals surface area (Å²) in [5.74, 6) is -4.25. The summed E-state index contributed by atoms with van der Waals surface area (Å²) in [6.07, 6.45) is -16.4. The summed E-state index contributed by atoms with van der Waals surface area (Å²) in [7, 11) is 0. The molecule has 2 aliphatic rings. The van der Waals surface area contributed by atoms with Crippen LogP contribution in [0, 0.1) is 0 Å². The van der Waals surface area contributed by atoms with Crippen molar-refractivity contribution in [2.24, 2.45) is 0 Å². The van der Waals surface area contributed by atoms with Crippen molar-refractivity contribution in [3.05, 3.63) is 53.1 Å². The third-order valence-electron chi connectivity index (χ3n) is 6.72. The van der Waals surface area contributed by atoms with E-state index < -0.39 is 78.9 Å². The van der Waals surface area contributed by atoms with Crippen LogP contribution in [0.1, 0.15) is 22.8 Å². The van der Waals surface area contributed by atoms with Gasteiger partial charge in [-0.15, -0.1) is 0 Å². The summed E-state index contributed by atoms with van der Waals surface area (Å²) in [5.41, 5.74) is 0.308. The van der Waals surface area contributed by atoms with E-state index in [9.17, 15) is 60.7 Å². The number of rotatable bonds is 7. The molecule has 0 bridgehead atoms. The fraction of sp³-hybridized carbons (Fsp3) is 0.385. The van der Waals surface area contributed by atoms with Gasteiger partial charge in [-0.05, 0) is 29.3 Å². The maximum Gasteiger partial charge on any atom is 0.335 e. The molecule has 0 radical (unpaired) electrons. The molecule has 2 aliphatic heterocycles. The Morgan fingerprint density at radius 3 is 1.85 bits per heavy atom. The fourth-order valence-corrected chi connectivity index (χ4v) is 4.53. The molecule has 2 heterocycles. The topological polar surface area (TPSA) is 264 Å². The molecule has 10 atom stereocenters. The van der Waals surface area contributed by atoms with Crippen molar-refractivity contribution < 1.29 is 74.9 Å². The van der Waals surface area contributed by atoms with Crippen molar-refractivity contribution >= 4 is 24.1 Å². The van der Waals surface area contributed by atoms with Crippen molar-refractivity contribution in [2.75, 3.05) is 0 Å². The molecule has 2 aromatic carbocycles. The lowest BCUT2D eigenvalue weighted by atomic mass is 9.88. The monoisotopic (exact) mass is 580 g/mol.